The third-order valence-electron chi connectivity index (χ3n) is 10.5. The zero-order valence-electron chi connectivity index (χ0n) is 27.6. The second kappa shape index (κ2) is 10.8. The van der Waals surface area contributed by atoms with Crippen LogP contribution in [0.25, 0.3) is 93.6 Å². The number of para-hydroxylation sites is 6. The Morgan fingerprint density at radius 2 is 0.569 bits per heavy atom. The van der Waals surface area contributed by atoms with Crippen molar-refractivity contribution in [3.05, 3.63) is 182 Å². The van der Waals surface area contributed by atoms with Gasteiger partial charge in [-0.15, -0.1) is 0 Å². The summed E-state index contributed by atoms with van der Waals surface area (Å²) in [5, 5.41) is 7.44. The number of pyridine rings is 1. The largest absolute Gasteiger partial charge is 0.309 e. The second-order valence-electron chi connectivity index (χ2n) is 13.3. The maximum Gasteiger partial charge on any atom is 0.0651 e. The summed E-state index contributed by atoms with van der Waals surface area (Å²) in [4.78, 5) is 4.88. The molecule has 0 N–H and O–H groups in total. The van der Waals surface area contributed by atoms with E-state index in [1.807, 2.05) is 12.4 Å². The van der Waals surface area contributed by atoms with Crippen LogP contribution in [0.5, 0.6) is 0 Å². The summed E-state index contributed by atoms with van der Waals surface area (Å²) in [6.45, 7) is 0. The standard InChI is InChI=1S/C47H30N4/c1-7-19-42-36(13-1)37-14-2-8-20-43(37)49(42)33-25-31(26-34(28-33)50-44-21-9-3-15-38(44)39-16-4-10-22-45(39)50)32-27-35(30-48-29-32)51-46-23-11-5-17-40(46)41-18-6-12-24-47(41)51/h1-30H. The monoisotopic (exact) mass is 650 g/mol. The molecule has 4 nitrogen and oxygen atoms in total. The summed E-state index contributed by atoms with van der Waals surface area (Å²) in [5.41, 5.74) is 12.5. The Labute approximate surface area is 293 Å². The van der Waals surface area contributed by atoms with Gasteiger partial charge in [0.25, 0.3) is 0 Å². The predicted molar refractivity (Wildman–Crippen MR) is 213 cm³/mol. The van der Waals surface area contributed by atoms with Crippen LogP contribution < -0.4 is 0 Å². The van der Waals surface area contributed by atoms with Gasteiger partial charge in [0, 0.05) is 55.5 Å². The van der Waals surface area contributed by atoms with E-state index in [4.69, 9.17) is 4.98 Å². The van der Waals surface area contributed by atoms with Gasteiger partial charge in [-0.3, -0.25) is 4.98 Å². The van der Waals surface area contributed by atoms with Crippen LogP contribution in [0.3, 0.4) is 0 Å². The maximum absolute atomic E-state index is 4.88. The van der Waals surface area contributed by atoms with Crippen molar-refractivity contribution >= 4 is 65.4 Å². The van der Waals surface area contributed by atoms with E-state index in [1.54, 1.807) is 0 Å². The van der Waals surface area contributed by atoms with Crippen LogP contribution in [-0.2, 0) is 0 Å². The minimum absolute atomic E-state index is 1.03. The topological polar surface area (TPSA) is 27.7 Å². The van der Waals surface area contributed by atoms with Crippen molar-refractivity contribution in [1.82, 2.24) is 18.7 Å². The normalized spacial score (nSPS) is 11.9. The maximum atomic E-state index is 4.88. The molecule has 0 atom stereocenters. The molecule has 4 heterocycles. The number of nitrogens with zero attached hydrogens (tertiary/aromatic N) is 4. The van der Waals surface area contributed by atoms with Gasteiger partial charge in [-0.25, -0.2) is 0 Å². The average Bonchev–Trinajstić information content (AvgIpc) is 3.84. The number of hydrogen-bond donors (Lipinski definition) is 0. The van der Waals surface area contributed by atoms with Crippen molar-refractivity contribution in [3.63, 3.8) is 0 Å². The zero-order valence-corrected chi connectivity index (χ0v) is 27.6. The molecule has 51 heavy (non-hydrogen) atoms. The zero-order chi connectivity index (χ0) is 33.5. The molecule has 0 aliphatic rings. The Morgan fingerprint density at radius 3 is 0.922 bits per heavy atom. The molecule has 0 aliphatic heterocycles. The highest BCUT2D eigenvalue weighted by molar-refractivity contribution is 6.11. The van der Waals surface area contributed by atoms with Crippen LogP contribution in [0.1, 0.15) is 0 Å². The van der Waals surface area contributed by atoms with Crippen molar-refractivity contribution in [2.75, 3.05) is 0 Å². The lowest BCUT2D eigenvalue weighted by atomic mass is 10.0. The van der Waals surface area contributed by atoms with E-state index in [9.17, 15) is 0 Å². The first-order chi connectivity index (χ1) is 25.3. The number of aromatic nitrogens is 4. The van der Waals surface area contributed by atoms with Crippen LogP contribution in [0.4, 0.5) is 0 Å². The fraction of sp³-hybridized carbons (Fsp3) is 0. The van der Waals surface area contributed by atoms with Gasteiger partial charge in [0.2, 0.25) is 0 Å². The summed E-state index contributed by atoms with van der Waals surface area (Å²) >= 11 is 0. The van der Waals surface area contributed by atoms with Gasteiger partial charge in [0.05, 0.1) is 45.0 Å². The molecule has 0 saturated heterocycles. The van der Waals surface area contributed by atoms with E-state index in [2.05, 4.69) is 184 Å². The Morgan fingerprint density at radius 1 is 0.275 bits per heavy atom. The van der Waals surface area contributed by atoms with E-state index in [1.165, 1.54) is 65.4 Å². The Bertz CT molecular complexity index is 2860. The van der Waals surface area contributed by atoms with Crippen LogP contribution in [0.15, 0.2) is 182 Å². The predicted octanol–water partition coefficient (Wildman–Crippen LogP) is 12.0. The number of rotatable bonds is 4. The fourth-order valence-electron chi connectivity index (χ4n) is 8.33. The molecule has 0 unspecified atom stereocenters. The first-order valence-electron chi connectivity index (χ1n) is 17.4. The lowest BCUT2D eigenvalue weighted by Crippen LogP contribution is -2.01. The molecule has 4 heteroatoms. The van der Waals surface area contributed by atoms with E-state index in [0.717, 1.165) is 28.2 Å². The Balaban J connectivity index is 1.22. The average molecular weight is 651 g/mol. The van der Waals surface area contributed by atoms with Crippen molar-refractivity contribution in [2.24, 2.45) is 0 Å². The molecular weight excluding hydrogens is 621 g/mol. The fourth-order valence-corrected chi connectivity index (χ4v) is 8.33. The molecule has 0 fully saturated rings. The molecule has 0 amide bonds. The highest BCUT2D eigenvalue weighted by atomic mass is 15.0. The molecule has 0 radical (unpaired) electrons. The van der Waals surface area contributed by atoms with E-state index in [-0.39, 0.29) is 0 Å². The van der Waals surface area contributed by atoms with Gasteiger partial charge >= 0.3 is 0 Å². The molecule has 0 saturated carbocycles. The van der Waals surface area contributed by atoms with Gasteiger partial charge in [-0.05, 0) is 66.2 Å². The van der Waals surface area contributed by atoms with E-state index < -0.39 is 0 Å². The molecular formula is C47H30N4. The smallest absolute Gasteiger partial charge is 0.0651 e. The molecule has 7 aromatic carbocycles. The van der Waals surface area contributed by atoms with Crippen LogP contribution in [0, 0.1) is 0 Å². The molecule has 0 bridgehead atoms. The summed E-state index contributed by atoms with van der Waals surface area (Å²) in [6, 6.07) is 61.4. The Kier molecular flexibility index (Phi) is 5.92. The van der Waals surface area contributed by atoms with Crippen molar-refractivity contribution in [1.29, 1.82) is 0 Å². The number of fused-ring (bicyclic) bond motifs is 9. The quantitative estimate of drug-likeness (QED) is 0.186. The van der Waals surface area contributed by atoms with E-state index in [0.29, 0.717) is 0 Å². The summed E-state index contributed by atoms with van der Waals surface area (Å²) < 4.78 is 7.16. The Hall–Kier alpha value is -6.91. The van der Waals surface area contributed by atoms with Gasteiger partial charge in [0.15, 0.2) is 0 Å². The molecule has 0 aliphatic carbocycles. The minimum Gasteiger partial charge on any atom is -0.309 e. The summed E-state index contributed by atoms with van der Waals surface area (Å²) in [7, 11) is 0. The third-order valence-corrected chi connectivity index (χ3v) is 10.5. The first-order valence-corrected chi connectivity index (χ1v) is 17.4. The number of hydrogen-bond acceptors (Lipinski definition) is 1. The molecule has 238 valence electrons. The van der Waals surface area contributed by atoms with Crippen LogP contribution >= 0.6 is 0 Å². The van der Waals surface area contributed by atoms with E-state index >= 15 is 0 Å². The lowest BCUT2D eigenvalue weighted by Gasteiger charge is -2.16. The molecule has 11 rings (SSSR count). The van der Waals surface area contributed by atoms with Gasteiger partial charge in [-0.1, -0.05) is 109 Å². The first kappa shape index (κ1) is 28.0. The number of benzene rings is 7. The van der Waals surface area contributed by atoms with Gasteiger partial charge < -0.3 is 13.7 Å². The summed E-state index contributed by atoms with van der Waals surface area (Å²) in [6.07, 6.45) is 3.98. The highest BCUT2D eigenvalue weighted by Crippen LogP contribution is 2.38. The highest BCUT2D eigenvalue weighted by Gasteiger charge is 2.18. The van der Waals surface area contributed by atoms with Crippen molar-refractivity contribution in [3.8, 4) is 28.2 Å². The lowest BCUT2D eigenvalue weighted by molar-refractivity contribution is 1.13. The van der Waals surface area contributed by atoms with Gasteiger partial charge in [-0.2, -0.15) is 0 Å². The van der Waals surface area contributed by atoms with Crippen molar-refractivity contribution < 1.29 is 0 Å². The molecule has 11 aromatic rings. The van der Waals surface area contributed by atoms with Gasteiger partial charge in [0.1, 0.15) is 0 Å². The molecule has 0 spiro atoms. The van der Waals surface area contributed by atoms with Crippen LogP contribution in [-0.4, -0.2) is 18.7 Å². The SMILES string of the molecule is c1ccc2c(c1)c1ccccc1n2-c1cncc(-c2cc(-n3c4ccccc4c4ccccc43)cc(-n3c4ccccc4c4ccccc43)c2)c1. The van der Waals surface area contributed by atoms with Crippen molar-refractivity contribution in [2.45, 2.75) is 0 Å². The minimum atomic E-state index is 1.03. The second-order valence-corrected chi connectivity index (χ2v) is 13.3. The summed E-state index contributed by atoms with van der Waals surface area (Å²) in [5.74, 6) is 0. The molecule has 4 aromatic heterocycles. The van der Waals surface area contributed by atoms with Crippen LogP contribution in [0.2, 0.25) is 0 Å². The third kappa shape index (κ3) is 4.11.